The Hall–Kier alpha value is -1.72. The predicted octanol–water partition coefficient (Wildman–Crippen LogP) is 3.19. The summed E-state index contributed by atoms with van der Waals surface area (Å²) in [6.07, 6.45) is -0.748. The van der Waals surface area contributed by atoms with Crippen molar-refractivity contribution in [3.8, 4) is 0 Å². The maximum atomic E-state index is 14.1. The van der Waals surface area contributed by atoms with E-state index >= 15 is 0 Å². The first-order chi connectivity index (χ1) is 9.99. The van der Waals surface area contributed by atoms with Gasteiger partial charge in [0.2, 0.25) is 5.91 Å². The molecule has 1 aliphatic rings. The summed E-state index contributed by atoms with van der Waals surface area (Å²) in [4.78, 5) is 13.3. The molecule has 108 valence electrons. The zero-order chi connectivity index (χ0) is 15.1. The van der Waals surface area contributed by atoms with Crippen molar-refractivity contribution in [1.82, 2.24) is 0 Å². The van der Waals surface area contributed by atoms with E-state index in [1.54, 1.807) is 48.3 Å². The van der Waals surface area contributed by atoms with Crippen LogP contribution in [0.2, 0.25) is 0 Å². The lowest BCUT2D eigenvalue weighted by molar-refractivity contribution is -0.117. The number of rotatable bonds is 2. The van der Waals surface area contributed by atoms with Gasteiger partial charge in [-0.2, -0.15) is 0 Å². The molecule has 2 aromatic carbocycles. The summed E-state index contributed by atoms with van der Waals surface area (Å²) in [6, 6.07) is 10.1. The second kappa shape index (κ2) is 5.24. The van der Waals surface area contributed by atoms with Crippen molar-refractivity contribution in [3.05, 3.63) is 63.4 Å². The molecular formula is C16H13BrFNO2. The van der Waals surface area contributed by atoms with Crippen LogP contribution in [0.1, 0.15) is 22.8 Å². The minimum absolute atomic E-state index is 0.0188. The maximum Gasteiger partial charge on any atom is 0.231 e. The highest BCUT2D eigenvalue weighted by Gasteiger charge is 2.25. The lowest BCUT2D eigenvalue weighted by atomic mass is 9.98. The number of anilines is 1. The number of hydrogen-bond donors (Lipinski definition) is 1. The number of fused-ring (bicyclic) bond motifs is 1. The van der Waals surface area contributed by atoms with Crippen LogP contribution in [0.15, 0.2) is 40.9 Å². The Morgan fingerprint density at radius 2 is 2.10 bits per heavy atom. The number of carbonyl (C=O) groups excluding carboxylic acids is 1. The van der Waals surface area contributed by atoms with E-state index in [4.69, 9.17) is 0 Å². The number of nitrogens with zero attached hydrogens (tertiary/aromatic N) is 1. The topological polar surface area (TPSA) is 40.5 Å². The number of hydrogen-bond acceptors (Lipinski definition) is 2. The molecule has 0 aliphatic carbocycles. The molecule has 2 aromatic rings. The highest BCUT2D eigenvalue weighted by Crippen LogP contribution is 2.33. The fourth-order valence-electron chi connectivity index (χ4n) is 2.57. The van der Waals surface area contributed by atoms with Crippen molar-refractivity contribution >= 4 is 27.5 Å². The normalized spacial score (nSPS) is 15.2. The third kappa shape index (κ3) is 2.36. The number of halogens is 2. The molecule has 0 radical (unpaired) electrons. The highest BCUT2D eigenvalue weighted by atomic mass is 79.9. The van der Waals surface area contributed by atoms with Crippen LogP contribution in [0, 0.1) is 5.82 Å². The lowest BCUT2D eigenvalue weighted by Gasteiger charge is -2.15. The molecule has 21 heavy (non-hydrogen) atoms. The van der Waals surface area contributed by atoms with Crippen LogP contribution in [-0.4, -0.2) is 18.1 Å². The fraction of sp³-hybridized carbons (Fsp3) is 0.188. The van der Waals surface area contributed by atoms with Gasteiger partial charge in [0, 0.05) is 18.3 Å². The summed E-state index contributed by atoms with van der Waals surface area (Å²) in [5, 5.41) is 10.4. The number of benzene rings is 2. The molecule has 3 rings (SSSR count). The maximum absolute atomic E-state index is 14.1. The molecule has 0 fully saturated rings. The minimum atomic E-state index is -1.06. The van der Waals surface area contributed by atoms with Crippen LogP contribution in [-0.2, 0) is 11.2 Å². The predicted molar refractivity (Wildman–Crippen MR) is 81.7 cm³/mol. The standard InChI is InChI=1S/C16H13BrFNO2/c1-19-13-6-5-9(7-10(13)8-14(19)20)16(21)11-3-2-4-12(17)15(11)18/h2-7,16,21H,8H2,1H3. The minimum Gasteiger partial charge on any atom is -0.384 e. The Labute approximate surface area is 130 Å². The summed E-state index contributed by atoms with van der Waals surface area (Å²) < 4.78 is 14.4. The second-order valence-corrected chi connectivity index (χ2v) is 5.92. The molecule has 1 aliphatic heterocycles. The number of carbonyl (C=O) groups is 1. The van der Waals surface area contributed by atoms with Crippen molar-refractivity contribution in [1.29, 1.82) is 0 Å². The van der Waals surface area contributed by atoms with Crippen molar-refractivity contribution in [2.45, 2.75) is 12.5 Å². The van der Waals surface area contributed by atoms with E-state index in [9.17, 15) is 14.3 Å². The van der Waals surface area contributed by atoms with E-state index < -0.39 is 11.9 Å². The van der Waals surface area contributed by atoms with Gasteiger partial charge in [-0.15, -0.1) is 0 Å². The van der Waals surface area contributed by atoms with Gasteiger partial charge in [-0.3, -0.25) is 4.79 Å². The van der Waals surface area contributed by atoms with Gasteiger partial charge in [0.05, 0.1) is 10.9 Å². The molecule has 0 saturated heterocycles. The average Bonchev–Trinajstić information content (AvgIpc) is 2.76. The molecule has 0 aromatic heterocycles. The van der Waals surface area contributed by atoms with Crippen LogP contribution in [0.25, 0.3) is 0 Å². The molecule has 1 amide bonds. The van der Waals surface area contributed by atoms with Gasteiger partial charge in [-0.05, 0) is 39.2 Å². The van der Waals surface area contributed by atoms with Gasteiger partial charge in [0.15, 0.2) is 0 Å². The number of amides is 1. The third-order valence-corrected chi connectivity index (χ3v) is 4.38. The number of aliphatic hydroxyl groups excluding tert-OH is 1. The first kappa shape index (κ1) is 14.2. The largest absolute Gasteiger partial charge is 0.384 e. The van der Waals surface area contributed by atoms with E-state index in [1.807, 2.05) is 0 Å². The van der Waals surface area contributed by atoms with Crippen LogP contribution < -0.4 is 4.90 Å². The molecule has 3 nitrogen and oxygen atoms in total. The Balaban J connectivity index is 2.00. The SMILES string of the molecule is CN1C(=O)Cc2cc(C(O)c3cccc(Br)c3F)ccc21. The monoisotopic (exact) mass is 349 g/mol. The van der Waals surface area contributed by atoms with Gasteiger partial charge in [0.25, 0.3) is 0 Å². The molecule has 5 heteroatoms. The summed E-state index contributed by atoms with van der Waals surface area (Å²) in [5.41, 5.74) is 2.48. The van der Waals surface area contributed by atoms with E-state index in [1.165, 1.54) is 0 Å². The number of aliphatic hydroxyl groups is 1. The zero-order valence-electron chi connectivity index (χ0n) is 11.3. The van der Waals surface area contributed by atoms with Crippen LogP contribution in [0.3, 0.4) is 0 Å². The summed E-state index contributed by atoms with van der Waals surface area (Å²) in [6.45, 7) is 0. The van der Waals surface area contributed by atoms with Crippen molar-refractivity contribution in [3.63, 3.8) is 0 Å². The Bertz CT molecular complexity index is 732. The Morgan fingerprint density at radius 3 is 2.86 bits per heavy atom. The van der Waals surface area contributed by atoms with Gasteiger partial charge < -0.3 is 10.0 Å². The summed E-state index contributed by atoms with van der Waals surface area (Å²) in [5.74, 6) is -0.455. The van der Waals surface area contributed by atoms with Crippen molar-refractivity contribution in [2.75, 3.05) is 11.9 Å². The van der Waals surface area contributed by atoms with Gasteiger partial charge in [-0.25, -0.2) is 4.39 Å². The summed E-state index contributed by atoms with van der Waals surface area (Å²) >= 11 is 3.11. The molecule has 1 unspecified atom stereocenters. The smallest absolute Gasteiger partial charge is 0.231 e. The molecule has 0 saturated carbocycles. The Kier molecular flexibility index (Phi) is 3.55. The Morgan fingerprint density at radius 1 is 1.33 bits per heavy atom. The van der Waals surface area contributed by atoms with E-state index in [0.29, 0.717) is 16.5 Å². The zero-order valence-corrected chi connectivity index (χ0v) is 12.9. The molecule has 0 bridgehead atoms. The first-order valence-electron chi connectivity index (χ1n) is 6.50. The van der Waals surface area contributed by atoms with E-state index in [2.05, 4.69) is 15.9 Å². The van der Waals surface area contributed by atoms with Crippen LogP contribution in [0.4, 0.5) is 10.1 Å². The molecule has 0 spiro atoms. The lowest BCUT2D eigenvalue weighted by Crippen LogP contribution is -2.20. The van der Waals surface area contributed by atoms with Gasteiger partial charge >= 0.3 is 0 Å². The number of likely N-dealkylation sites (N-methyl/N-ethyl adjacent to an activating group) is 1. The highest BCUT2D eigenvalue weighted by molar-refractivity contribution is 9.10. The quantitative estimate of drug-likeness (QED) is 0.904. The molecule has 1 N–H and O–H groups in total. The van der Waals surface area contributed by atoms with Gasteiger partial charge in [0.1, 0.15) is 11.9 Å². The van der Waals surface area contributed by atoms with Crippen LogP contribution in [0.5, 0.6) is 0 Å². The van der Waals surface area contributed by atoms with Gasteiger partial charge in [-0.1, -0.05) is 24.3 Å². The third-order valence-electron chi connectivity index (χ3n) is 3.77. The second-order valence-electron chi connectivity index (χ2n) is 5.06. The van der Waals surface area contributed by atoms with Crippen LogP contribution >= 0.6 is 15.9 Å². The summed E-state index contributed by atoms with van der Waals surface area (Å²) in [7, 11) is 1.72. The first-order valence-corrected chi connectivity index (χ1v) is 7.29. The fourth-order valence-corrected chi connectivity index (χ4v) is 2.95. The van der Waals surface area contributed by atoms with Crippen molar-refractivity contribution < 1.29 is 14.3 Å². The molecule has 1 heterocycles. The van der Waals surface area contributed by atoms with E-state index in [0.717, 1.165) is 11.3 Å². The van der Waals surface area contributed by atoms with E-state index in [-0.39, 0.29) is 11.5 Å². The molecule has 1 atom stereocenters. The molecular weight excluding hydrogens is 337 g/mol. The van der Waals surface area contributed by atoms with Crippen molar-refractivity contribution in [2.24, 2.45) is 0 Å². The average molecular weight is 350 g/mol.